The average molecular weight is 262 g/mol. The monoisotopic (exact) mass is 262 g/mol. The summed E-state index contributed by atoms with van der Waals surface area (Å²) in [5, 5.41) is 3.13. The van der Waals surface area contributed by atoms with Gasteiger partial charge in [-0.15, -0.1) is 0 Å². The van der Waals surface area contributed by atoms with Gasteiger partial charge in [-0.2, -0.15) is 0 Å². The molecule has 0 aliphatic heterocycles. The predicted octanol–water partition coefficient (Wildman–Crippen LogP) is 2.30. The molecule has 3 N–H and O–H groups in total. The van der Waals surface area contributed by atoms with Crippen LogP contribution in [0.2, 0.25) is 0 Å². The van der Waals surface area contributed by atoms with Crippen molar-refractivity contribution in [2.45, 2.75) is 44.6 Å². The Morgan fingerprint density at radius 3 is 2.53 bits per heavy atom. The fraction of sp³-hybridized carbons (Fsp3) is 0.562. The molecule has 0 saturated carbocycles. The van der Waals surface area contributed by atoms with Crippen LogP contribution in [-0.4, -0.2) is 25.4 Å². The minimum Gasteiger partial charge on any atom is -0.321 e. The molecule has 19 heavy (non-hydrogen) atoms. The second-order valence-corrected chi connectivity index (χ2v) is 5.03. The summed E-state index contributed by atoms with van der Waals surface area (Å²) in [4.78, 5) is 11.9. The summed E-state index contributed by atoms with van der Waals surface area (Å²) in [5.74, 6) is 0.192. The van der Waals surface area contributed by atoms with E-state index in [1.54, 1.807) is 0 Å². The van der Waals surface area contributed by atoms with Crippen LogP contribution in [0.25, 0.3) is 0 Å². The summed E-state index contributed by atoms with van der Waals surface area (Å²) in [6.07, 6.45) is 5.71. The Bertz CT molecular complexity index is 351. The molecule has 0 fully saturated rings. The van der Waals surface area contributed by atoms with Gasteiger partial charge in [0.25, 0.3) is 0 Å². The number of benzene rings is 1. The van der Waals surface area contributed by atoms with E-state index in [0.717, 1.165) is 24.9 Å². The normalized spacial score (nSPS) is 12.3. The van der Waals surface area contributed by atoms with Crippen molar-refractivity contribution in [2.75, 3.05) is 13.6 Å². The fourth-order valence-corrected chi connectivity index (χ4v) is 2.12. The number of ketones is 1. The minimum absolute atomic E-state index is 0.192. The molecule has 0 aliphatic carbocycles. The van der Waals surface area contributed by atoms with Gasteiger partial charge in [0.05, 0.1) is 6.04 Å². The Morgan fingerprint density at radius 2 is 1.84 bits per heavy atom. The van der Waals surface area contributed by atoms with Gasteiger partial charge in [0.2, 0.25) is 0 Å². The van der Waals surface area contributed by atoms with E-state index in [9.17, 15) is 4.79 Å². The van der Waals surface area contributed by atoms with E-state index >= 15 is 0 Å². The largest absolute Gasteiger partial charge is 0.321 e. The molecule has 1 aromatic carbocycles. The molecule has 0 aromatic heterocycles. The standard InChI is InChI=1S/C16H26N2O/c1-18-12-8-3-2-7-11-16(19)15(17)13-14-9-5-4-6-10-14/h4-6,9-10,15,18H,2-3,7-8,11-13,17H2,1H3/t15-/m0/s1. The maximum atomic E-state index is 11.9. The van der Waals surface area contributed by atoms with Gasteiger partial charge in [0.1, 0.15) is 5.78 Å². The Morgan fingerprint density at radius 1 is 1.16 bits per heavy atom. The first-order valence-electron chi connectivity index (χ1n) is 7.21. The minimum atomic E-state index is -0.347. The van der Waals surface area contributed by atoms with Gasteiger partial charge < -0.3 is 11.1 Å². The summed E-state index contributed by atoms with van der Waals surface area (Å²) in [5.41, 5.74) is 7.09. The first kappa shape index (κ1) is 15.9. The molecule has 1 aromatic rings. The zero-order valence-electron chi connectivity index (χ0n) is 11.9. The molecule has 0 spiro atoms. The van der Waals surface area contributed by atoms with E-state index in [1.165, 1.54) is 12.8 Å². The van der Waals surface area contributed by atoms with Crippen molar-refractivity contribution >= 4 is 5.78 Å². The summed E-state index contributed by atoms with van der Waals surface area (Å²) in [6, 6.07) is 9.63. The highest BCUT2D eigenvalue weighted by atomic mass is 16.1. The van der Waals surface area contributed by atoms with Gasteiger partial charge >= 0.3 is 0 Å². The van der Waals surface area contributed by atoms with Crippen molar-refractivity contribution in [3.8, 4) is 0 Å². The average Bonchev–Trinajstić information content (AvgIpc) is 2.43. The van der Waals surface area contributed by atoms with Gasteiger partial charge in [-0.1, -0.05) is 43.2 Å². The molecule has 0 bridgehead atoms. The lowest BCUT2D eigenvalue weighted by atomic mass is 9.99. The van der Waals surface area contributed by atoms with E-state index in [-0.39, 0.29) is 11.8 Å². The number of nitrogens with two attached hydrogens (primary N) is 1. The number of rotatable bonds is 10. The van der Waals surface area contributed by atoms with Crippen LogP contribution in [-0.2, 0) is 11.2 Å². The molecule has 0 aliphatic rings. The van der Waals surface area contributed by atoms with E-state index in [0.29, 0.717) is 12.8 Å². The van der Waals surface area contributed by atoms with Crippen molar-refractivity contribution in [3.63, 3.8) is 0 Å². The third-order valence-corrected chi connectivity index (χ3v) is 3.31. The second kappa shape index (κ2) is 9.70. The summed E-state index contributed by atoms with van der Waals surface area (Å²) in [7, 11) is 1.96. The summed E-state index contributed by atoms with van der Waals surface area (Å²) in [6.45, 7) is 1.06. The van der Waals surface area contributed by atoms with Crippen LogP contribution in [0.4, 0.5) is 0 Å². The number of hydrogen-bond acceptors (Lipinski definition) is 3. The number of carbonyl (C=O) groups is 1. The zero-order valence-corrected chi connectivity index (χ0v) is 11.9. The van der Waals surface area contributed by atoms with Crippen LogP contribution >= 0.6 is 0 Å². The lowest BCUT2D eigenvalue weighted by Gasteiger charge is -2.10. The molecule has 0 radical (unpaired) electrons. The van der Waals surface area contributed by atoms with Gasteiger partial charge in [0, 0.05) is 6.42 Å². The Hall–Kier alpha value is -1.19. The lowest BCUT2D eigenvalue weighted by molar-refractivity contribution is -0.120. The Labute approximate surface area is 116 Å². The smallest absolute Gasteiger partial charge is 0.149 e. The van der Waals surface area contributed by atoms with Gasteiger partial charge in [-0.3, -0.25) is 4.79 Å². The quantitative estimate of drug-likeness (QED) is 0.636. The van der Waals surface area contributed by atoms with Crippen molar-refractivity contribution < 1.29 is 4.79 Å². The highest BCUT2D eigenvalue weighted by molar-refractivity contribution is 5.84. The highest BCUT2D eigenvalue weighted by Crippen LogP contribution is 2.07. The molecule has 3 heteroatoms. The molecule has 0 amide bonds. The lowest BCUT2D eigenvalue weighted by Crippen LogP contribution is -2.32. The number of unbranched alkanes of at least 4 members (excludes halogenated alkanes) is 3. The topological polar surface area (TPSA) is 55.1 Å². The van der Waals surface area contributed by atoms with Crippen molar-refractivity contribution in [3.05, 3.63) is 35.9 Å². The van der Waals surface area contributed by atoms with Crippen LogP contribution in [0, 0.1) is 0 Å². The van der Waals surface area contributed by atoms with Gasteiger partial charge in [-0.25, -0.2) is 0 Å². The van der Waals surface area contributed by atoms with Crippen LogP contribution in [0.1, 0.15) is 37.7 Å². The predicted molar refractivity (Wildman–Crippen MR) is 80.1 cm³/mol. The van der Waals surface area contributed by atoms with Crippen LogP contribution in [0.15, 0.2) is 30.3 Å². The molecule has 106 valence electrons. The Balaban J connectivity index is 2.15. The highest BCUT2D eigenvalue weighted by Gasteiger charge is 2.13. The first-order valence-corrected chi connectivity index (χ1v) is 7.21. The molecule has 0 heterocycles. The molecular weight excluding hydrogens is 236 g/mol. The first-order chi connectivity index (χ1) is 9.24. The van der Waals surface area contributed by atoms with E-state index < -0.39 is 0 Å². The molecular formula is C16H26N2O. The van der Waals surface area contributed by atoms with E-state index in [2.05, 4.69) is 5.32 Å². The van der Waals surface area contributed by atoms with Gasteiger partial charge in [0.15, 0.2) is 0 Å². The maximum Gasteiger partial charge on any atom is 0.149 e. The SMILES string of the molecule is CNCCCCCCC(=O)[C@@H](N)Cc1ccccc1. The zero-order chi connectivity index (χ0) is 13.9. The van der Waals surface area contributed by atoms with Gasteiger partial charge in [-0.05, 0) is 38.4 Å². The molecule has 1 atom stereocenters. The third-order valence-electron chi connectivity index (χ3n) is 3.31. The molecule has 0 saturated heterocycles. The third kappa shape index (κ3) is 7.09. The van der Waals surface area contributed by atoms with E-state index in [1.807, 2.05) is 37.4 Å². The fourth-order valence-electron chi connectivity index (χ4n) is 2.12. The molecule has 1 rings (SSSR count). The van der Waals surface area contributed by atoms with Crippen molar-refractivity contribution in [1.29, 1.82) is 0 Å². The number of hydrogen-bond donors (Lipinski definition) is 2. The van der Waals surface area contributed by atoms with Crippen LogP contribution in [0.5, 0.6) is 0 Å². The second-order valence-electron chi connectivity index (χ2n) is 5.03. The van der Waals surface area contributed by atoms with Crippen LogP contribution in [0.3, 0.4) is 0 Å². The number of Topliss-reactive ketones (excluding diaryl/α,β-unsaturated/α-hetero) is 1. The van der Waals surface area contributed by atoms with Crippen LogP contribution < -0.4 is 11.1 Å². The number of carbonyl (C=O) groups excluding carboxylic acids is 1. The maximum absolute atomic E-state index is 11.9. The van der Waals surface area contributed by atoms with Crippen molar-refractivity contribution in [2.24, 2.45) is 5.73 Å². The summed E-state index contributed by atoms with van der Waals surface area (Å²) >= 11 is 0. The summed E-state index contributed by atoms with van der Waals surface area (Å²) < 4.78 is 0. The van der Waals surface area contributed by atoms with Crippen molar-refractivity contribution in [1.82, 2.24) is 5.32 Å². The Kier molecular flexibility index (Phi) is 8.10. The molecule has 3 nitrogen and oxygen atoms in total. The number of nitrogens with one attached hydrogen (secondary N) is 1. The van der Waals surface area contributed by atoms with E-state index in [4.69, 9.17) is 5.73 Å². The molecule has 0 unspecified atom stereocenters.